The van der Waals surface area contributed by atoms with Gasteiger partial charge in [-0.05, 0) is 40.8 Å². The van der Waals surface area contributed by atoms with Crippen LogP contribution in [0.1, 0.15) is 16.7 Å². The summed E-state index contributed by atoms with van der Waals surface area (Å²) < 4.78 is 10.7. The number of hydrogen-bond acceptors (Lipinski definition) is 2. The standard InChI is InChI=1S/C17H16O2/c1-18-16-10-8-13(11-17(16)19-2)15-9-7-12-5-3-4-6-14(12)15/h3-6,8-11H,7H2,1-2H3. The first-order valence-electron chi connectivity index (χ1n) is 6.34. The Kier molecular flexibility index (Phi) is 3.00. The Morgan fingerprint density at radius 3 is 2.47 bits per heavy atom. The molecule has 0 heterocycles. The lowest BCUT2D eigenvalue weighted by Gasteiger charge is -2.11. The number of methoxy groups -OCH3 is 2. The second-order valence-electron chi connectivity index (χ2n) is 4.55. The van der Waals surface area contributed by atoms with Crippen molar-refractivity contribution >= 4 is 5.57 Å². The summed E-state index contributed by atoms with van der Waals surface area (Å²) >= 11 is 0. The summed E-state index contributed by atoms with van der Waals surface area (Å²) in [4.78, 5) is 0. The van der Waals surface area contributed by atoms with Crippen LogP contribution in [0.5, 0.6) is 11.5 Å². The molecule has 0 aliphatic heterocycles. The van der Waals surface area contributed by atoms with Gasteiger partial charge in [0.2, 0.25) is 0 Å². The van der Waals surface area contributed by atoms with Gasteiger partial charge < -0.3 is 9.47 Å². The number of rotatable bonds is 3. The highest BCUT2D eigenvalue weighted by atomic mass is 16.5. The molecule has 0 bridgehead atoms. The van der Waals surface area contributed by atoms with Crippen LogP contribution in [0.2, 0.25) is 0 Å². The summed E-state index contributed by atoms with van der Waals surface area (Å²) in [5.41, 5.74) is 5.14. The summed E-state index contributed by atoms with van der Waals surface area (Å²) in [5, 5.41) is 0. The van der Waals surface area contributed by atoms with Crippen LogP contribution in [0.4, 0.5) is 0 Å². The first kappa shape index (κ1) is 11.8. The van der Waals surface area contributed by atoms with E-state index in [4.69, 9.17) is 9.47 Å². The largest absolute Gasteiger partial charge is 0.493 e. The molecule has 1 aliphatic rings. The van der Waals surface area contributed by atoms with Gasteiger partial charge in [0.25, 0.3) is 0 Å². The van der Waals surface area contributed by atoms with Crippen LogP contribution in [0.25, 0.3) is 5.57 Å². The van der Waals surface area contributed by atoms with Crippen LogP contribution in [-0.2, 0) is 6.42 Å². The molecular weight excluding hydrogens is 236 g/mol. The van der Waals surface area contributed by atoms with E-state index in [9.17, 15) is 0 Å². The fourth-order valence-corrected chi connectivity index (χ4v) is 2.56. The molecule has 0 amide bonds. The van der Waals surface area contributed by atoms with E-state index >= 15 is 0 Å². The summed E-state index contributed by atoms with van der Waals surface area (Å²) in [6.07, 6.45) is 3.27. The Balaban J connectivity index is 2.05. The molecule has 2 heteroatoms. The molecule has 2 aromatic rings. The van der Waals surface area contributed by atoms with Gasteiger partial charge in [-0.25, -0.2) is 0 Å². The zero-order valence-electron chi connectivity index (χ0n) is 11.1. The fraction of sp³-hybridized carbons (Fsp3) is 0.176. The molecule has 0 atom stereocenters. The Morgan fingerprint density at radius 2 is 1.68 bits per heavy atom. The lowest BCUT2D eigenvalue weighted by atomic mass is 9.99. The minimum absolute atomic E-state index is 0.762. The van der Waals surface area contributed by atoms with Crippen LogP contribution < -0.4 is 9.47 Å². The third-order valence-corrected chi connectivity index (χ3v) is 3.53. The summed E-state index contributed by atoms with van der Waals surface area (Å²) in [7, 11) is 3.32. The Hall–Kier alpha value is -2.22. The zero-order chi connectivity index (χ0) is 13.2. The van der Waals surface area contributed by atoms with E-state index < -0.39 is 0 Å². The smallest absolute Gasteiger partial charge is 0.161 e. The van der Waals surface area contributed by atoms with Crippen LogP contribution in [0.15, 0.2) is 48.5 Å². The highest BCUT2D eigenvalue weighted by Gasteiger charge is 2.16. The predicted molar refractivity (Wildman–Crippen MR) is 76.8 cm³/mol. The van der Waals surface area contributed by atoms with Crippen molar-refractivity contribution < 1.29 is 9.47 Å². The third-order valence-electron chi connectivity index (χ3n) is 3.53. The van der Waals surface area contributed by atoms with Crippen molar-refractivity contribution in [2.45, 2.75) is 6.42 Å². The van der Waals surface area contributed by atoms with Gasteiger partial charge in [-0.15, -0.1) is 0 Å². The zero-order valence-corrected chi connectivity index (χ0v) is 11.1. The van der Waals surface area contributed by atoms with Crippen molar-refractivity contribution in [2.75, 3.05) is 14.2 Å². The lowest BCUT2D eigenvalue weighted by Crippen LogP contribution is -1.93. The molecule has 0 radical (unpaired) electrons. The topological polar surface area (TPSA) is 18.5 Å². The third kappa shape index (κ3) is 1.99. The molecular formula is C17H16O2. The molecule has 0 saturated carbocycles. The van der Waals surface area contributed by atoms with Crippen LogP contribution in [0, 0.1) is 0 Å². The molecule has 2 aromatic carbocycles. The SMILES string of the molecule is COc1ccc(C2=CCc3ccccc32)cc1OC. The molecule has 1 aliphatic carbocycles. The van der Waals surface area contributed by atoms with Crippen molar-refractivity contribution in [1.82, 2.24) is 0 Å². The fourth-order valence-electron chi connectivity index (χ4n) is 2.56. The molecule has 0 spiro atoms. The molecule has 96 valence electrons. The molecule has 19 heavy (non-hydrogen) atoms. The maximum Gasteiger partial charge on any atom is 0.161 e. The van der Waals surface area contributed by atoms with Gasteiger partial charge in [0.05, 0.1) is 14.2 Å². The van der Waals surface area contributed by atoms with E-state index in [1.165, 1.54) is 22.3 Å². The molecule has 0 fully saturated rings. The van der Waals surface area contributed by atoms with Crippen LogP contribution in [-0.4, -0.2) is 14.2 Å². The van der Waals surface area contributed by atoms with Crippen molar-refractivity contribution in [3.63, 3.8) is 0 Å². The van der Waals surface area contributed by atoms with E-state index in [0.29, 0.717) is 0 Å². The molecule has 0 aromatic heterocycles. The van der Waals surface area contributed by atoms with Gasteiger partial charge in [0.15, 0.2) is 11.5 Å². The number of benzene rings is 2. The van der Waals surface area contributed by atoms with Crippen molar-refractivity contribution in [1.29, 1.82) is 0 Å². The van der Waals surface area contributed by atoms with Crippen LogP contribution in [0.3, 0.4) is 0 Å². The molecule has 2 nitrogen and oxygen atoms in total. The minimum atomic E-state index is 0.762. The highest BCUT2D eigenvalue weighted by molar-refractivity contribution is 5.85. The van der Waals surface area contributed by atoms with Crippen LogP contribution >= 0.6 is 0 Å². The van der Waals surface area contributed by atoms with Gasteiger partial charge >= 0.3 is 0 Å². The van der Waals surface area contributed by atoms with Gasteiger partial charge in [0.1, 0.15) is 0 Å². The van der Waals surface area contributed by atoms with Gasteiger partial charge in [0, 0.05) is 0 Å². The predicted octanol–water partition coefficient (Wildman–Crippen LogP) is 3.69. The van der Waals surface area contributed by atoms with Crippen molar-refractivity contribution in [3.05, 3.63) is 65.2 Å². The van der Waals surface area contributed by atoms with E-state index in [1.807, 2.05) is 12.1 Å². The average molecular weight is 252 g/mol. The Bertz CT molecular complexity index is 641. The second-order valence-corrected chi connectivity index (χ2v) is 4.55. The summed E-state index contributed by atoms with van der Waals surface area (Å²) in [6, 6.07) is 14.6. The molecule has 0 unspecified atom stereocenters. The quantitative estimate of drug-likeness (QED) is 0.829. The Labute approximate surface area is 113 Å². The van der Waals surface area contributed by atoms with E-state index in [2.05, 4.69) is 36.4 Å². The average Bonchev–Trinajstić information content (AvgIpc) is 2.90. The first-order valence-corrected chi connectivity index (χ1v) is 6.34. The van der Waals surface area contributed by atoms with Gasteiger partial charge in [-0.3, -0.25) is 0 Å². The molecule has 3 rings (SSSR count). The van der Waals surface area contributed by atoms with Gasteiger partial charge in [-0.2, -0.15) is 0 Å². The number of allylic oxidation sites excluding steroid dienone is 1. The van der Waals surface area contributed by atoms with Crippen molar-refractivity contribution in [2.24, 2.45) is 0 Å². The van der Waals surface area contributed by atoms with E-state index in [1.54, 1.807) is 14.2 Å². The molecule has 0 N–H and O–H groups in total. The maximum absolute atomic E-state index is 5.37. The first-order chi connectivity index (χ1) is 9.33. The number of ether oxygens (including phenoxy) is 2. The van der Waals surface area contributed by atoms with Crippen molar-refractivity contribution in [3.8, 4) is 11.5 Å². The number of fused-ring (bicyclic) bond motifs is 1. The summed E-state index contributed by atoms with van der Waals surface area (Å²) in [5.74, 6) is 1.53. The molecule has 0 saturated heterocycles. The second kappa shape index (κ2) is 4.81. The van der Waals surface area contributed by atoms with Gasteiger partial charge in [-0.1, -0.05) is 36.4 Å². The Morgan fingerprint density at radius 1 is 0.895 bits per heavy atom. The van der Waals surface area contributed by atoms with E-state index in [0.717, 1.165) is 17.9 Å². The minimum Gasteiger partial charge on any atom is -0.493 e. The normalized spacial score (nSPS) is 12.8. The highest BCUT2D eigenvalue weighted by Crippen LogP contribution is 2.36. The maximum atomic E-state index is 5.37. The van der Waals surface area contributed by atoms with E-state index in [-0.39, 0.29) is 0 Å². The monoisotopic (exact) mass is 252 g/mol. The number of hydrogen-bond donors (Lipinski definition) is 0. The lowest BCUT2D eigenvalue weighted by molar-refractivity contribution is 0.355. The summed E-state index contributed by atoms with van der Waals surface area (Å²) in [6.45, 7) is 0.